The monoisotopic (exact) mass is 371 g/mol. The van der Waals surface area contributed by atoms with Gasteiger partial charge in [-0.25, -0.2) is 9.55 Å². The summed E-state index contributed by atoms with van der Waals surface area (Å²) >= 11 is 7.02. The maximum absolute atomic E-state index is 13.1. The number of nitrogens with one attached hydrogen (secondary N) is 1. The lowest BCUT2D eigenvalue weighted by Gasteiger charge is -2.10. The van der Waals surface area contributed by atoms with E-state index in [-0.39, 0.29) is 11.5 Å². The lowest BCUT2D eigenvalue weighted by Crippen LogP contribution is -2.21. The van der Waals surface area contributed by atoms with Gasteiger partial charge in [0.2, 0.25) is 0 Å². The van der Waals surface area contributed by atoms with Crippen molar-refractivity contribution in [3.8, 4) is 5.82 Å². The van der Waals surface area contributed by atoms with Gasteiger partial charge in [0.1, 0.15) is 10.6 Å². The first-order valence-electron chi connectivity index (χ1n) is 8.03. The number of pyridine rings is 1. The highest BCUT2D eigenvalue weighted by atomic mass is 32.1. The summed E-state index contributed by atoms with van der Waals surface area (Å²) in [6.45, 7) is 1.38. The van der Waals surface area contributed by atoms with Crippen LogP contribution in [-0.2, 0) is 12.8 Å². The first-order valence-corrected chi connectivity index (χ1v) is 9.25. The van der Waals surface area contributed by atoms with Gasteiger partial charge in [0, 0.05) is 4.88 Å². The molecule has 0 atom stereocenters. The third kappa shape index (κ3) is 2.81. The number of fused-ring (bicyclic) bond motifs is 3. The molecule has 128 valence electrons. The van der Waals surface area contributed by atoms with Crippen molar-refractivity contribution in [1.82, 2.24) is 14.5 Å². The number of aryl methyl sites for hydroxylation is 2. The van der Waals surface area contributed by atoms with Gasteiger partial charge in [-0.1, -0.05) is 0 Å². The summed E-state index contributed by atoms with van der Waals surface area (Å²) in [5, 5.41) is 11.8. The van der Waals surface area contributed by atoms with Crippen LogP contribution in [0.5, 0.6) is 0 Å². The van der Waals surface area contributed by atoms with Crippen LogP contribution in [0.3, 0.4) is 0 Å². The van der Waals surface area contributed by atoms with Gasteiger partial charge in [-0.3, -0.25) is 9.79 Å². The SMILES string of the molecule is CC([O-])=Nc1ccc(-n2c(=S)[nH]c3sc4c(c3c2=O)CCCC4)nc1. The first-order chi connectivity index (χ1) is 12.0. The first kappa shape index (κ1) is 16.2. The second-order valence-electron chi connectivity index (χ2n) is 5.99. The van der Waals surface area contributed by atoms with Crippen LogP contribution >= 0.6 is 23.6 Å². The van der Waals surface area contributed by atoms with Gasteiger partial charge in [0.05, 0.1) is 17.3 Å². The van der Waals surface area contributed by atoms with Crippen molar-refractivity contribution in [1.29, 1.82) is 0 Å². The van der Waals surface area contributed by atoms with Crippen LogP contribution in [0, 0.1) is 4.77 Å². The molecule has 4 rings (SSSR count). The Kier molecular flexibility index (Phi) is 4.01. The maximum Gasteiger partial charge on any atom is 0.269 e. The predicted octanol–water partition coefficient (Wildman–Crippen LogP) is 2.79. The Labute approximate surface area is 152 Å². The van der Waals surface area contributed by atoms with Gasteiger partial charge in [-0.05, 0) is 68.4 Å². The normalized spacial score (nSPS) is 14.7. The average molecular weight is 371 g/mol. The highest BCUT2D eigenvalue weighted by molar-refractivity contribution is 7.71. The Bertz CT molecular complexity index is 1100. The molecule has 0 radical (unpaired) electrons. The van der Waals surface area contributed by atoms with E-state index in [9.17, 15) is 9.90 Å². The van der Waals surface area contributed by atoms with Crippen LogP contribution in [0.1, 0.15) is 30.2 Å². The number of thiophene rings is 1. The van der Waals surface area contributed by atoms with E-state index in [4.69, 9.17) is 12.2 Å². The lowest BCUT2D eigenvalue weighted by molar-refractivity contribution is -0.215. The van der Waals surface area contributed by atoms with Gasteiger partial charge in [0.25, 0.3) is 5.56 Å². The molecule has 0 bridgehead atoms. The topological polar surface area (TPSA) is 86.1 Å². The average Bonchev–Trinajstić information content (AvgIpc) is 2.94. The van der Waals surface area contributed by atoms with Crippen LogP contribution in [0.2, 0.25) is 0 Å². The van der Waals surface area contributed by atoms with Gasteiger partial charge in [0.15, 0.2) is 4.77 Å². The molecule has 1 aliphatic carbocycles. The standard InChI is InChI=1S/C17H16N4O2S2/c1-9(22)19-10-6-7-13(18-8-10)21-16(23)14-11-4-2-3-5-12(11)25-15(14)20-17(21)24/h6-8H,2-5H2,1H3,(H,19,22)(H,20,24)/p-1. The number of aromatic amines is 1. The summed E-state index contributed by atoms with van der Waals surface area (Å²) in [6.07, 6.45) is 5.68. The Hall–Kier alpha value is -2.32. The molecule has 3 heterocycles. The summed E-state index contributed by atoms with van der Waals surface area (Å²) < 4.78 is 1.73. The number of aliphatic imine (C=N–C) groups is 1. The number of hydrogen-bond acceptors (Lipinski definition) is 6. The molecule has 1 aliphatic rings. The number of hydrogen-bond donors (Lipinski definition) is 1. The second kappa shape index (κ2) is 6.20. The fraction of sp³-hybridized carbons (Fsp3) is 0.294. The van der Waals surface area contributed by atoms with Crippen molar-refractivity contribution in [2.45, 2.75) is 32.6 Å². The van der Waals surface area contributed by atoms with Crippen molar-refractivity contribution in [3.05, 3.63) is 43.9 Å². The smallest absolute Gasteiger partial charge is 0.269 e. The summed E-state index contributed by atoms with van der Waals surface area (Å²) in [5.41, 5.74) is 1.47. The molecule has 25 heavy (non-hydrogen) atoms. The third-order valence-corrected chi connectivity index (χ3v) is 5.75. The number of H-pyrrole nitrogens is 1. The number of rotatable bonds is 2. The van der Waals surface area contributed by atoms with E-state index >= 15 is 0 Å². The zero-order chi connectivity index (χ0) is 17.6. The van der Waals surface area contributed by atoms with Crippen LogP contribution in [0.25, 0.3) is 16.0 Å². The summed E-state index contributed by atoms with van der Waals surface area (Å²) in [6, 6.07) is 3.30. The zero-order valence-corrected chi connectivity index (χ0v) is 15.2. The molecule has 0 amide bonds. The van der Waals surface area contributed by atoms with E-state index in [1.165, 1.54) is 22.6 Å². The minimum absolute atomic E-state index is 0.137. The minimum atomic E-state index is -0.296. The van der Waals surface area contributed by atoms with E-state index in [2.05, 4.69) is 15.0 Å². The molecule has 0 saturated heterocycles. The molecular formula is C17H15N4O2S2-. The van der Waals surface area contributed by atoms with Crippen LogP contribution < -0.4 is 10.7 Å². The van der Waals surface area contributed by atoms with Crippen LogP contribution in [0.4, 0.5) is 5.69 Å². The third-order valence-electron chi connectivity index (χ3n) is 4.26. The Balaban J connectivity index is 1.91. The molecule has 0 aliphatic heterocycles. The number of aromatic nitrogens is 3. The second-order valence-corrected chi connectivity index (χ2v) is 7.48. The zero-order valence-electron chi connectivity index (χ0n) is 13.5. The van der Waals surface area contributed by atoms with Crippen molar-refractivity contribution >= 4 is 45.4 Å². The molecule has 3 aromatic heterocycles. The fourth-order valence-electron chi connectivity index (χ4n) is 3.20. The predicted molar refractivity (Wildman–Crippen MR) is 99.8 cm³/mol. The Morgan fingerprint density at radius 2 is 2.20 bits per heavy atom. The molecule has 3 aromatic rings. The Morgan fingerprint density at radius 3 is 2.92 bits per heavy atom. The van der Waals surface area contributed by atoms with E-state index in [0.29, 0.717) is 16.3 Å². The molecule has 0 aromatic carbocycles. The van der Waals surface area contributed by atoms with Crippen molar-refractivity contribution in [2.75, 3.05) is 0 Å². The van der Waals surface area contributed by atoms with Crippen molar-refractivity contribution in [3.63, 3.8) is 0 Å². The van der Waals surface area contributed by atoms with Crippen molar-refractivity contribution < 1.29 is 5.11 Å². The minimum Gasteiger partial charge on any atom is -0.862 e. The maximum atomic E-state index is 13.1. The van der Waals surface area contributed by atoms with Gasteiger partial charge in [-0.15, -0.1) is 11.3 Å². The molecule has 0 saturated carbocycles. The molecule has 8 heteroatoms. The molecule has 0 spiro atoms. The highest BCUT2D eigenvalue weighted by Crippen LogP contribution is 2.33. The lowest BCUT2D eigenvalue weighted by atomic mass is 9.97. The fourth-order valence-corrected chi connectivity index (χ4v) is 4.83. The van der Waals surface area contributed by atoms with Gasteiger partial charge >= 0.3 is 0 Å². The summed E-state index contributed by atoms with van der Waals surface area (Å²) in [5.74, 6) is 0.127. The highest BCUT2D eigenvalue weighted by Gasteiger charge is 2.20. The molecule has 0 unspecified atom stereocenters. The van der Waals surface area contributed by atoms with Crippen LogP contribution in [0.15, 0.2) is 28.1 Å². The molecular weight excluding hydrogens is 356 g/mol. The molecule has 0 fully saturated rings. The van der Waals surface area contributed by atoms with E-state index in [1.54, 1.807) is 23.5 Å². The quantitative estimate of drug-likeness (QED) is 0.426. The molecule has 6 nitrogen and oxygen atoms in total. The van der Waals surface area contributed by atoms with Gasteiger partial charge in [-0.2, -0.15) is 0 Å². The van der Waals surface area contributed by atoms with Crippen LogP contribution in [-0.4, -0.2) is 20.4 Å². The van der Waals surface area contributed by atoms with E-state index in [0.717, 1.165) is 41.5 Å². The molecule has 1 N–H and O–H groups in total. The summed E-state index contributed by atoms with van der Waals surface area (Å²) in [7, 11) is 0. The van der Waals surface area contributed by atoms with E-state index < -0.39 is 0 Å². The van der Waals surface area contributed by atoms with E-state index in [1.807, 2.05) is 0 Å². The van der Waals surface area contributed by atoms with Gasteiger partial charge < -0.3 is 10.1 Å². The summed E-state index contributed by atoms with van der Waals surface area (Å²) in [4.78, 5) is 26.5. The largest absolute Gasteiger partial charge is 0.862 e. The number of nitrogens with zero attached hydrogens (tertiary/aromatic N) is 3. The van der Waals surface area contributed by atoms with Crippen molar-refractivity contribution in [2.24, 2.45) is 4.99 Å². The Morgan fingerprint density at radius 1 is 1.40 bits per heavy atom.